The molecule has 1 N–H and O–H groups in total. The summed E-state index contributed by atoms with van der Waals surface area (Å²) in [5, 5.41) is 4.34. The van der Waals surface area contributed by atoms with Crippen LogP contribution in [0.5, 0.6) is 11.6 Å². The zero-order valence-corrected chi connectivity index (χ0v) is 12.8. The van der Waals surface area contributed by atoms with Gasteiger partial charge in [0.1, 0.15) is 5.75 Å². The van der Waals surface area contributed by atoms with E-state index in [9.17, 15) is 0 Å². The number of pyridine rings is 1. The van der Waals surface area contributed by atoms with Crippen LogP contribution in [0.1, 0.15) is 12.0 Å². The predicted octanol–water partition coefficient (Wildman–Crippen LogP) is 4.56. The van der Waals surface area contributed by atoms with Crippen molar-refractivity contribution in [3.8, 4) is 11.6 Å². The first-order valence-corrected chi connectivity index (χ1v) is 7.47. The SMILES string of the molecule is Clc1ccc(Oc2ncccc2C2=CCNCC2)c(Cl)c1. The van der Waals surface area contributed by atoms with E-state index >= 15 is 0 Å². The van der Waals surface area contributed by atoms with Gasteiger partial charge in [-0.1, -0.05) is 29.3 Å². The zero-order valence-electron chi connectivity index (χ0n) is 11.3. The van der Waals surface area contributed by atoms with Gasteiger partial charge in [-0.05, 0) is 48.9 Å². The van der Waals surface area contributed by atoms with Gasteiger partial charge in [-0.15, -0.1) is 0 Å². The van der Waals surface area contributed by atoms with Crippen molar-refractivity contribution in [1.29, 1.82) is 0 Å². The number of hydrogen-bond acceptors (Lipinski definition) is 3. The number of ether oxygens (including phenoxy) is 1. The van der Waals surface area contributed by atoms with Gasteiger partial charge in [-0.25, -0.2) is 4.98 Å². The molecule has 1 aromatic carbocycles. The third-order valence-electron chi connectivity index (χ3n) is 3.28. The Balaban J connectivity index is 1.93. The molecule has 2 heterocycles. The first kappa shape index (κ1) is 14.4. The summed E-state index contributed by atoms with van der Waals surface area (Å²) in [5.41, 5.74) is 2.24. The number of rotatable bonds is 3. The Morgan fingerprint density at radius 2 is 2.10 bits per heavy atom. The first-order valence-electron chi connectivity index (χ1n) is 6.72. The summed E-state index contributed by atoms with van der Waals surface area (Å²) in [5.74, 6) is 1.12. The standard InChI is InChI=1S/C16H14Cl2N2O/c17-12-3-4-15(14(18)10-12)21-16-13(2-1-7-20-16)11-5-8-19-9-6-11/h1-5,7,10,19H,6,8-9H2. The van der Waals surface area contributed by atoms with Crippen LogP contribution in [-0.4, -0.2) is 18.1 Å². The van der Waals surface area contributed by atoms with E-state index < -0.39 is 0 Å². The van der Waals surface area contributed by atoms with Crippen LogP contribution < -0.4 is 10.1 Å². The third-order valence-corrected chi connectivity index (χ3v) is 3.81. The summed E-state index contributed by atoms with van der Waals surface area (Å²) in [7, 11) is 0. The number of halogens is 2. The molecule has 0 radical (unpaired) electrons. The predicted molar refractivity (Wildman–Crippen MR) is 86.2 cm³/mol. The Bertz CT molecular complexity index is 686. The van der Waals surface area contributed by atoms with Gasteiger partial charge < -0.3 is 10.1 Å². The zero-order chi connectivity index (χ0) is 14.7. The summed E-state index contributed by atoms with van der Waals surface area (Å²) < 4.78 is 5.89. The van der Waals surface area contributed by atoms with E-state index in [1.807, 2.05) is 12.1 Å². The quantitative estimate of drug-likeness (QED) is 0.900. The minimum absolute atomic E-state index is 0.471. The highest BCUT2D eigenvalue weighted by atomic mass is 35.5. The molecule has 5 heteroatoms. The number of nitrogens with one attached hydrogen (secondary N) is 1. The molecule has 0 spiro atoms. The van der Waals surface area contributed by atoms with Gasteiger partial charge in [-0.3, -0.25) is 0 Å². The van der Waals surface area contributed by atoms with E-state index in [-0.39, 0.29) is 0 Å². The highest BCUT2D eigenvalue weighted by Gasteiger charge is 2.14. The molecule has 21 heavy (non-hydrogen) atoms. The second-order valence-corrected chi connectivity index (χ2v) is 5.56. The highest BCUT2D eigenvalue weighted by molar-refractivity contribution is 6.35. The molecule has 3 nitrogen and oxygen atoms in total. The lowest BCUT2D eigenvalue weighted by Crippen LogP contribution is -2.20. The Morgan fingerprint density at radius 1 is 1.19 bits per heavy atom. The van der Waals surface area contributed by atoms with Crippen molar-refractivity contribution in [3.63, 3.8) is 0 Å². The van der Waals surface area contributed by atoms with Crippen molar-refractivity contribution in [2.24, 2.45) is 0 Å². The van der Waals surface area contributed by atoms with Crippen molar-refractivity contribution < 1.29 is 4.74 Å². The van der Waals surface area contributed by atoms with E-state index in [0.717, 1.165) is 25.1 Å². The van der Waals surface area contributed by atoms with Crippen molar-refractivity contribution >= 4 is 28.8 Å². The molecule has 0 unspecified atom stereocenters. The maximum absolute atomic E-state index is 6.16. The Hall–Kier alpha value is -1.55. The van der Waals surface area contributed by atoms with Crippen molar-refractivity contribution in [2.75, 3.05) is 13.1 Å². The largest absolute Gasteiger partial charge is 0.437 e. The van der Waals surface area contributed by atoms with Crippen LogP contribution in [0.4, 0.5) is 0 Å². The molecule has 0 atom stereocenters. The summed E-state index contributed by atoms with van der Waals surface area (Å²) in [4.78, 5) is 4.34. The molecular formula is C16H14Cl2N2O. The highest BCUT2D eigenvalue weighted by Crippen LogP contribution is 2.34. The summed E-state index contributed by atoms with van der Waals surface area (Å²) >= 11 is 12.1. The number of benzene rings is 1. The molecule has 3 rings (SSSR count). The maximum Gasteiger partial charge on any atom is 0.226 e. The van der Waals surface area contributed by atoms with Gasteiger partial charge in [0.05, 0.1) is 5.02 Å². The van der Waals surface area contributed by atoms with Crippen molar-refractivity contribution in [3.05, 3.63) is 58.2 Å². The molecule has 0 saturated carbocycles. The molecule has 1 aliphatic rings. The molecule has 0 bridgehead atoms. The molecule has 0 aliphatic carbocycles. The van der Waals surface area contributed by atoms with Gasteiger partial charge in [0.25, 0.3) is 0 Å². The lowest BCUT2D eigenvalue weighted by Gasteiger charge is -2.17. The maximum atomic E-state index is 6.16. The topological polar surface area (TPSA) is 34.1 Å². The lowest BCUT2D eigenvalue weighted by atomic mass is 10.0. The van der Waals surface area contributed by atoms with Gasteiger partial charge in [0.15, 0.2) is 0 Å². The molecule has 1 aromatic heterocycles. The van der Waals surface area contributed by atoms with Crippen LogP contribution in [0.2, 0.25) is 10.0 Å². The molecule has 0 saturated heterocycles. The van der Waals surface area contributed by atoms with Crippen LogP contribution in [0.25, 0.3) is 5.57 Å². The summed E-state index contributed by atoms with van der Waals surface area (Å²) in [6, 6.07) is 9.08. The van der Waals surface area contributed by atoms with Crippen LogP contribution in [-0.2, 0) is 0 Å². The Morgan fingerprint density at radius 3 is 2.86 bits per heavy atom. The van der Waals surface area contributed by atoms with E-state index in [1.165, 1.54) is 5.57 Å². The van der Waals surface area contributed by atoms with Crippen molar-refractivity contribution in [1.82, 2.24) is 10.3 Å². The van der Waals surface area contributed by atoms with Gasteiger partial charge in [0, 0.05) is 23.3 Å². The second kappa shape index (κ2) is 6.48. The third kappa shape index (κ3) is 3.38. The Kier molecular flexibility index (Phi) is 4.44. The Labute approximate surface area is 133 Å². The van der Waals surface area contributed by atoms with Crippen LogP contribution in [0.3, 0.4) is 0 Å². The van der Waals surface area contributed by atoms with Crippen LogP contribution >= 0.6 is 23.2 Å². The van der Waals surface area contributed by atoms with E-state index in [0.29, 0.717) is 21.7 Å². The average molecular weight is 321 g/mol. The second-order valence-electron chi connectivity index (χ2n) is 4.72. The fraction of sp³-hybridized carbons (Fsp3) is 0.188. The number of aromatic nitrogens is 1. The van der Waals surface area contributed by atoms with E-state index in [1.54, 1.807) is 24.4 Å². The average Bonchev–Trinajstić information content (AvgIpc) is 2.51. The number of nitrogens with zero attached hydrogens (tertiary/aromatic N) is 1. The molecule has 1 aliphatic heterocycles. The molecular weight excluding hydrogens is 307 g/mol. The van der Waals surface area contributed by atoms with Gasteiger partial charge >= 0.3 is 0 Å². The molecule has 0 amide bonds. The molecule has 0 fully saturated rings. The van der Waals surface area contributed by atoms with Crippen molar-refractivity contribution in [2.45, 2.75) is 6.42 Å². The minimum Gasteiger partial charge on any atom is -0.437 e. The van der Waals surface area contributed by atoms with Crippen LogP contribution in [0, 0.1) is 0 Å². The fourth-order valence-corrected chi connectivity index (χ4v) is 2.69. The van der Waals surface area contributed by atoms with E-state index in [4.69, 9.17) is 27.9 Å². The molecule has 2 aromatic rings. The monoisotopic (exact) mass is 320 g/mol. The lowest BCUT2D eigenvalue weighted by molar-refractivity contribution is 0.461. The summed E-state index contributed by atoms with van der Waals surface area (Å²) in [6.07, 6.45) is 4.83. The normalized spacial score (nSPS) is 14.7. The van der Waals surface area contributed by atoms with Crippen LogP contribution in [0.15, 0.2) is 42.6 Å². The van der Waals surface area contributed by atoms with E-state index in [2.05, 4.69) is 16.4 Å². The smallest absolute Gasteiger partial charge is 0.226 e. The van der Waals surface area contributed by atoms with Gasteiger partial charge in [0.2, 0.25) is 5.88 Å². The number of hydrogen-bond donors (Lipinski definition) is 1. The van der Waals surface area contributed by atoms with Gasteiger partial charge in [-0.2, -0.15) is 0 Å². The minimum atomic E-state index is 0.471. The molecule has 108 valence electrons. The fourth-order valence-electron chi connectivity index (χ4n) is 2.25. The first-order chi connectivity index (χ1) is 10.2. The summed E-state index contributed by atoms with van der Waals surface area (Å²) in [6.45, 7) is 1.83.